The number of halogens is 1. The topological polar surface area (TPSA) is 65.1 Å². The first-order chi connectivity index (χ1) is 18.5. The lowest BCUT2D eigenvalue weighted by Gasteiger charge is -2.37. The normalized spacial score (nSPS) is 17.8. The van der Waals surface area contributed by atoms with Crippen molar-refractivity contribution in [1.29, 1.82) is 0 Å². The Morgan fingerprint density at radius 2 is 1.79 bits per heavy atom. The summed E-state index contributed by atoms with van der Waals surface area (Å²) >= 11 is 0. The van der Waals surface area contributed by atoms with Gasteiger partial charge < -0.3 is 9.88 Å². The number of hydrogen-bond acceptors (Lipinski definition) is 4. The number of aromatic amines is 1. The molecule has 2 saturated heterocycles. The number of rotatable bonds is 5. The van der Waals surface area contributed by atoms with Crippen LogP contribution in [0.2, 0.25) is 0 Å². The third-order valence-corrected chi connectivity index (χ3v) is 8.24. The minimum atomic E-state index is -0.250. The van der Waals surface area contributed by atoms with Gasteiger partial charge in [0, 0.05) is 54.5 Å². The van der Waals surface area contributed by atoms with Gasteiger partial charge in [-0.15, -0.1) is 0 Å². The number of piperidine rings is 2. The Hall–Kier alpha value is -3.58. The van der Waals surface area contributed by atoms with Crippen LogP contribution in [0.4, 0.5) is 4.39 Å². The average Bonchev–Trinajstić information content (AvgIpc) is 3.32. The van der Waals surface area contributed by atoms with Crippen molar-refractivity contribution in [3.05, 3.63) is 83.6 Å². The number of fused-ring (bicyclic) bond motifs is 1. The molecular weight excluding hydrogens is 477 g/mol. The highest BCUT2D eigenvalue weighted by Gasteiger charge is 2.33. The number of carbonyl (C=O) groups is 1. The van der Waals surface area contributed by atoms with Crippen molar-refractivity contribution in [3.8, 4) is 11.4 Å². The molecule has 38 heavy (non-hydrogen) atoms. The molecule has 2 aliphatic heterocycles. The zero-order valence-corrected chi connectivity index (χ0v) is 21.9. The van der Waals surface area contributed by atoms with Crippen LogP contribution in [0.5, 0.6) is 0 Å². The number of H-pyrrole nitrogens is 1. The quantitative estimate of drug-likeness (QED) is 0.374. The minimum absolute atomic E-state index is 0.113. The Bertz CT molecular complexity index is 1420. The molecule has 0 radical (unpaired) electrons. The minimum Gasteiger partial charge on any atom is -0.353 e. The standard InChI is InChI=1S/C31H34FN5O/c1-21-18-22(7-13-33-21)20-36-14-8-24(9-15-36)31(38)37-16-10-23(11-17-37)29-26-6-5-25(32)19-28(26)35-30(29)27-4-2-3-12-34-27/h2-7,12-13,18-19,23-24,35H,8-11,14-17,20H2,1H3. The average molecular weight is 512 g/mol. The summed E-state index contributed by atoms with van der Waals surface area (Å²) in [5, 5.41) is 1.05. The number of benzene rings is 1. The first-order valence-electron chi connectivity index (χ1n) is 13.7. The molecule has 0 spiro atoms. The number of nitrogens with one attached hydrogen (secondary N) is 1. The van der Waals surface area contributed by atoms with E-state index in [1.807, 2.05) is 37.4 Å². The first kappa shape index (κ1) is 24.7. The van der Waals surface area contributed by atoms with Crippen LogP contribution in [0.15, 0.2) is 60.9 Å². The van der Waals surface area contributed by atoms with Gasteiger partial charge in [-0.3, -0.25) is 19.7 Å². The fraction of sp³-hybridized carbons (Fsp3) is 0.387. The van der Waals surface area contributed by atoms with E-state index >= 15 is 0 Å². The van der Waals surface area contributed by atoms with Crippen LogP contribution >= 0.6 is 0 Å². The van der Waals surface area contributed by atoms with Crippen LogP contribution in [0.1, 0.15) is 48.4 Å². The molecule has 1 amide bonds. The molecule has 3 aromatic heterocycles. The van der Waals surface area contributed by atoms with Crippen LogP contribution in [-0.2, 0) is 11.3 Å². The Morgan fingerprint density at radius 3 is 2.53 bits per heavy atom. The lowest BCUT2D eigenvalue weighted by molar-refractivity contribution is -0.138. The van der Waals surface area contributed by atoms with Crippen molar-refractivity contribution in [3.63, 3.8) is 0 Å². The van der Waals surface area contributed by atoms with Gasteiger partial charge >= 0.3 is 0 Å². The number of pyridine rings is 2. The highest BCUT2D eigenvalue weighted by atomic mass is 19.1. The Kier molecular flexibility index (Phi) is 6.94. The fourth-order valence-electron chi connectivity index (χ4n) is 6.27. The maximum atomic E-state index is 14.0. The molecular formula is C31H34FN5O. The molecule has 6 rings (SSSR count). The molecule has 0 bridgehead atoms. The number of aromatic nitrogens is 3. The summed E-state index contributed by atoms with van der Waals surface area (Å²) in [6.45, 7) is 6.37. The summed E-state index contributed by atoms with van der Waals surface area (Å²) in [6.07, 6.45) is 7.29. The molecule has 4 aromatic rings. The summed E-state index contributed by atoms with van der Waals surface area (Å²) in [7, 11) is 0. The van der Waals surface area contributed by atoms with Gasteiger partial charge in [-0.05, 0) is 105 Å². The van der Waals surface area contributed by atoms with Crippen LogP contribution < -0.4 is 0 Å². The first-order valence-corrected chi connectivity index (χ1v) is 13.7. The van der Waals surface area contributed by atoms with Gasteiger partial charge in [-0.1, -0.05) is 6.07 Å². The largest absolute Gasteiger partial charge is 0.353 e. The molecule has 196 valence electrons. The Morgan fingerprint density at radius 1 is 0.974 bits per heavy atom. The molecule has 0 aliphatic carbocycles. The molecule has 2 fully saturated rings. The van der Waals surface area contributed by atoms with E-state index < -0.39 is 0 Å². The van der Waals surface area contributed by atoms with E-state index in [9.17, 15) is 9.18 Å². The molecule has 0 atom stereocenters. The number of hydrogen-bond donors (Lipinski definition) is 1. The SMILES string of the molecule is Cc1cc(CN2CCC(C(=O)N3CCC(c4c(-c5ccccn5)[nH]c5cc(F)ccc45)CC3)CC2)ccn1. The molecule has 0 saturated carbocycles. The highest BCUT2D eigenvalue weighted by Crippen LogP contribution is 2.40. The summed E-state index contributed by atoms with van der Waals surface area (Å²) in [5.41, 5.74) is 6.16. The Labute approximate surface area is 222 Å². The van der Waals surface area contributed by atoms with Crippen LogP contribution in [0, 0.1) is 18.7 Å². The second-order valence-electron chi connectivity index (χ2n) is 10.8. The van der Waals surface area contributed by atoms with Crippen molar-refractivity contribution in [1.82, 2.24) is 24.8 Å². The molecule has 1 N–H and O–H groups in total. The molecule has 0 unspecified atom stereocenters. The second-order valence-corrected chi connectivity index (χ2v) is 10.8. The van der Waals surface area contributed by atoms with Crippen LogP contribution in [0.25, 0.3) is 22.3 Å². The highest BCUT2D eigenvalue weighted by molar-refractivity contribution is 5.91. The zero-order chi connectivity index (χ0) is 26.1. The van der Waals surface area contributed by atoms with Gasteiger partial charge in [0.1, 0.15) is 5.82 Å². The summed E-state index contributed by atoms with van der Waals surface area (Å²) in [5.74, 6) is 0.470. The molecule has 7 heteroatoms. The van der Waals surface area contributed by atoms with Gasteiger partial charge in [0.2, 0.25) is 5.91 Å². The lowest BCUT2D eigenvalue weighted by Crippen LogP contribution is -2.45. The maximum absolute atomic E-state index is 14.0. The smallest absolute Gasteiger partial charge is 0.225 e. The molecule has 1 aromatic carbocycles. The monoisotopic (exact) mass is 511 g/mol. The van der Waals surface area contributed by atoms with E-state index in [4.69, 9.17) is 0 Å². The van der Waals surface area contributed by atoms with Gasteiger partial charge in [-0.2, -0.15) is 0 Å². The second kappa shape index (κ2) is 10.7. The van der Waals surface area contributed by atoms with Crippen molar-refractivity contribution < 1.29 is 9.18 Å². The van der Waals surface area contributed by atoms with Gasteiger partial charge in [0.25, 0.3) is 0 Å². The fourth-order valence-corrected chi connectivity index (χ4v) is 6.27. The number of nitrogens with zero attached hydrogens (tertiary/aromatic N) is 4. The third kappa shape index (κ3) is 5.07. The Balaban J connectivity index is 1.11. The van der Waals surface area contributed by atoms with E-state index in [-0.39, 0.29) is 11.7 Å². The third-order valence-electron chi connectivity index (χ3n) is 8.24. The van der Waals surface area contributed by atoms with Crippen molar-refractivity contribution in [2.75, 3.05) is 26.2 Å². The van der Waals surface area contributed by atoms with Gasteiger partial charge in [0.05, 0.1) is 11.4 Å². The summed E-state index contributed by atoms with van der Waals surface area (Å²) < 4.78 is 14.0. The van der Waals surface area contributed by atoms with E-state index in [1.165, 1.54) is 17.2 Å². The predicted molar refractivity (Wildman–Crippen MR) is 147 cm³/mol. The van der Waals surface area contributed by atoms with Gasteiger partial charge in [0.15, 0.2) is 0 Å². The van der Waals surface area contributed by atoms with Crippen molar-refractivity contribution >= 4 is 16.8 Å². The van der Waals surface area contributed by atoms with Gasteiger partial charge in [-0.25, -0.2) is 4.39 Å². The van der Waals surface area contributed by atoms with E-state index in [0.29, 0.717) is 11.8 Å². The van der Waals surface area contributed by atoms with Crippen molar-refractivity contribution in [2.45, 2.75) is 45.1 Å². The molecule has 2 aliphatic rings. The predicted octanol–water partition coefficient (Wildman–Crippen LogP) is 5.69. The number of carbonyl (C=O) groups excluding carboxylic acids is 1. The number of aryl methyl sites for hydroxylation is 1. The molecule has 5 heterocycles. The van der Waals surface area contributed by atoms with E-state index in [1.54, 1.807) is 12.3 Å². The lowest BCUT2D eigenvalue weighted by atomic mass is 9.85. The number of amides is 1. The van der Waals surface area contributed by atoms with Crippen molar-refractivity contribution in [2.24, 2.45) is 5.92 Å². The summed E-state index contributed by atoms with van der Waals surface area (Å²) in [6, 6.07) is 15.1. The van der Waals surface area contributed by atoms with Crippen LogP contribution in [-0.4, -0.2) is 56.8 Å². The van der Waals surface area contributed by atoms with Crippen LogP contribution in [0.3, 0.4) is 0 Å². The molecule has 6 nitrogen and oxygen atoms in total. The number of likely N-dealkylation sites (tertiary alicyclic amines) is 2. The van der Waals surface area contributed by atoms with E-state index in [2.05, 4.69) is 36.9 Å². The zero-order valence-electron chi connectivity index (χ0n) is 21.9. The van der Waals surface area contributed by atoms with E-state index in [0.717, 1.165) is 86.4 Å². The maximum Gasteiger partial charge on any atom is 0.225 e. The summed E-state index contributed by atoms with van der Waals surface area (Å²) in [4.78, 5) is 30.3.